The molecule has 3 aromatic rings. The number of aryl methyl sites for hydroxylation is 1. The van der Waals surface area contributed by atoms with Gasteiger partial charge in [-0.05, 0) is 31.9 Å². The first-order valence-corrected chi connectivity index (χ1v) is 7.75. The molecule has 1 aliphatic rings. The van der Waals surface area contributed by atoms with Crippen molar-refractivity contribution in [2.45, 2.75) is 25.8 Å². The van der Waals surface area contributed by atoms with Crippen LogP contribution in [0.3, 0.4) is 0 Å². The minimum atomic E-state index is -1.58. The summed E-state index contributed by atoms with van der Waals surface area (Å²) in [4.78, 5) is 27.4. The number of halogens is 1. The van der Waals surface area contributed by atoms with E-state index in [0.717, 1.165) is 18.9 Å². The molecule has 0 bridgehead atoms. The Morgan fingerprint density at radius 1 is 1.40 bits per heavy atom. The molecule has 128 valence electrons. The predicted octanol–water partition coefficient (Wildman–Crippen LogP) is 3.03. The predicted molar refractivity (Wildman–Crippen MR) is 86.9 cm³/mol. The van der Waals surface area contributed by atoms with Gasteiger partial charge in [0.05, 0.1) is 22.8 Å². The second-order valence-corrected chi connectivity index (χ2v) is 5.99. The molecule has 1 aliphatic carbocycles. The first-order chi connectivity index (χ1) is 12.0. The number of ether oxygens (including phenoxy) is 1. The van der Waals surface area contributed by atoms with Crippen LogP contribution in [0.25, 0.3) is 16.6 Å². The van der Waals surface area contributed by atoms with Gasteiger partial charge in [-0.25, -0.2) is 14.2 Å². The van der Waals surface area contributed by atoms with Crippen LogP contribution in [0.5, 0.6) is 5.75 Å². The molecular weight excluding hydrogens is 329 g/mol. The first-order valence-electron chi connectivity index (χ1n) is 7.75. The summed E-state index contributed by atoms with van der Waals surface area (Å²) >= 11 is 0. The highest BCUT2D eigenvalue weighted by molar-refractivity contribution is 5.83. The largest absolute Gasteiger partial charge is 0.511 e. The van der Waals surface area contributed by atoms with Crippen LogP contribution in [-0.4, -0.2) is 25.4 Å². The summed E-state index contributed by atoms with van der Waals surface area (Å²) in [6.07, 6.45) is 4.82. The Hall–Kier alpha value is -3.16. The number of hydrogen-bond acceptors (Lipinski definition) is 4. The lowest BCUT2D eigenvalue weighted by atomic mass is 10.1. The van der Waals surface area contributed by atoms with Crippen LogP contribution < -0.4 is 10.2 Å². The molecule has 0 aliphatic heterocycles. The Balaban J connectivity index is 2.02. The fourth-order valence-electron chi connectivity index (χ4n) is 2.97. The fourth-order valence-corrected chi connectivity index (χ4v) is 2.97. The molecule has 0 atom stereocenters. The van der Waals surface area contributed by atoms with E-state index in [1.165, 1.54) is 6.20 Å². The molecule has 0 amide bonds. The summed E-state index contributed by atoms with van der Waals surface area (Å²) in [6.45, 7) is 1.75. The molecule has 0 radical (unpaired) electrons. The normalized spacial score (nSPS) is 14.0. The van der Waals surface area contributed by atoms with Gasteiger partial charge in [0.2, 0.25) is 5.43 Å². The van der Waals surface area contributed by atoms with E-state index in [2.05, 4.69) is 9.72 Å². The van der Waals surface area contributed by atoms with E-state index in [4.69, 9.17) is 5.11 Å². The smallest absolute Gasteiger partial charge is 0.449 e. The summed E-state index contributed by atoms with van der Waals surface area (Å²) in [6, 6.07) is 2.85. The van der Waals surface area contributed by atoms with E-state index in [-0.39, 0.29) is 22.9 Å². The SMILES string of the molecule is Cc1nccn1-c1cc2c(cc1F)c(=O)c(OC(=O)O)cn2C1CC1. The van der Waals surface area contributed by atoms with Crippen molar-refractivity contribution in [3.63, 3.8) is 0 Å². The Kier molecular flexibility index (Phi) is 3.34. The third-order valence-corrected chi connectivity index (χ3v) is 4.29. The Morgan fingerprint density at radius 2 is 2.16 bits per heavy atom. The molecule has 8 heteroatoms. The molecule has 1 fully saturated rings. The summed E-state index contributed by atoms with van der Waals surface area (Å²) in [7, 11) is 0. The van der Waals surface area contributed by atoms with E-state index in [0.29, 0.717) is 11.3 Å². The van der Waals surface area contributed by atoms with E-state index >= 15 is 0 Å². The molecule has 25 heavy (non-hydrogen) atoms. The monoisotopic (exact) mass is 343 g/mol. The van der Waals surface area contributed by atoms with Gasteiger partial charge in [0.25, 0.3) is 0 Å². The lowest BCUT2D eigenvalue weighted by molar-refractivity contribution is 0.143. The number of rotatable bonds is 3. The van der Waals surface area contributed by atoms with Gasteiger partial charge in [0.15, 0.2) is 5.75 Å². The highest BCUT2D eigenvalue weighted by atomic mass is 19.1. The standard InChI is InChI=1S/C17H14FN3O4/c1-9-19-4-5-20(9)14-7-13-11(6-12(14)18)16(22)15(25-17(23)24)8-21(13)10-2-3-10/h4-8,10H,2-3H2,1H3,(H,23,24). The van der Waals surface area contributed by atoms with E-state index in [9.17, 15) is 14.0 Å². The van der Waals surface area contributed by atoms with Crippen molar-refractivity contribution in [1.82, 2.24) is 14.1 Å². The second kappa shape index (κ2) is 5.44. The minimum absolute atomic E-state index is 0.0877. The number of nitrogens with zero attached hydrogens (tertiary/aromatic N) is 3. The Morgan fingerprint density at radius 3 is 2.76 bits per heavy atom. The minimum Gasteiger partial charge on any atom is -0.449 e. The summed E-state index contributed by atoms with van der Waals surface area (Å²) in [5.41, 5.74) is 0.167. The number of benzene rings is 1. The van der Waals surface area contributed by atoms with Gasteiger partial charge in [-0.1, -0.05) is 0 Å². The van der Waals surface area contributed by atoms with Gasteiger partial charge in [-0.2, -0.15) is 0 Å². The molecule has 0 spiro atoms. The third-order valence-electron chi connectivity index (χ3n) is 4.29. The molecular formula is C17H14FN3O4. The van der Waals surface area contributed by atoms with E-state index in [1.54, 1.807) is 34.5 Å². The molecule has 1 aromatic carbocycles. The maximum atomic E-state index is 14.6. The van der Waals surface area contributed by atoms with Crippen molar-refractivity contribution >= 4 is 17.1 Å². The second-order valence-electron chi connectivity index (χ2n) is 5.99. The fraction of sp³-hybridized carbons (Fsp3) is 0.235. The molecule has 2 heterocycles. The Labute approximate surface area is 140 Å². The summed E-state index contributed by atoms with van der Waals surface area (Å²) < 4.78 is 22.6. The zero-order valence-corrected chi connectivity index (χ0v) is 13.3. The van der Waals surface area contributed by atoms with Gasteiger partial charge < -0.3 is 19.0 Å². The molecule has 1 N–H and O–H groups in total. The molecule has 0 unspecified atom stereocenters. The number of carbonyl (C=O) groups is 1. The average molecular weight is 343 g/mol. The topological polar surface area (TPSA) is 86.3 Å². The zero-order valence-electron chi connectivity index (χ0n) is 13.3. The quantitative estimate of drug-likeness (QED) is 0.739. The van der Waals surface area contributed by atoms with E-state index < -0.39 is 17.4 Å². The van der Waals surface area contributed by atoms with Crippen LogP contribution >= 0.6 is 0 Å². The number of carboxylic acid groups (broad SMARTS) is 1. The van der Waals surface area contributed by atoms with Gasteiger partial charge in [-0.3, -0.25) is 4.79 Å². The van der Waals surface area contributed by atoms with Gasteiger partial charge in [0, 0.05) is 18.4 Å². The molecule has 0 saturated heterocycles. The number of hydrogen-bond donors (Lipinski definition) is 1. The highest BCUT2D eigenvalue weighted by Crippen LogP contribution is 2.38. The lowest BCUT2D eigenvalue weighted by Crippen LogP contribution is -2.16. The first kappa shape index (κ1) is 15.4. The average Bonchev–Trinajstić information content (AvgIpc) is 3.31. The van der Waals surface area contributed by atoms with Crippen molar-refractivity contribution in [2.24, 2.45) is 0 Å². The summed E-state index contributed by atoms with van der Waals surface area (Å²) in [5.74, 6) is -0.303. The van der Waals surface area contributed by atoms with Crippen LogP contribution in [-0.2, 0) is 0 Å². The van der Waals surface area contributed by atoms with Gasteiger partial charge in [0.1, 0.15) is 11.6 Å². The van der Waals surface area contributed by atoms with Gasteiger partial charge >= 0.3 is 6.16 Å². The molecule has 7 nitrogen and oxygen atoms in total. The van der Waals surface area contributed by atoms with Crippen molar-refractivity contribution in [3.8, 4) is 11.4 Å². The molecule has 1 saturated carbocycles. The van der Waals surface area contributed by atoms with Crippen LogP contribution in [0.15, 0.2) is 35.5 Å². The zero-order chi connectivity index (χ0) is 17.7. The van der Waals surface area contributed by atoms with Crippen molar-refractivity contribution < 1.29 is 19.0 Å². The maximum Gasteiger partial charge on any atom is 0.511 e. The highest BCUT2D eigenvalue weighted by Gasteiger charge is 2.27. The third kappa shape index (κ3) is 2.55. The molecule has 2 aromatic heterocycles. The van der Waals surface area contributed by atoms with Crippen molar-refractivity contribution in [3.05, 3.63) is 52.6 Å². The van der Waals surface area contributed by atoms with Crippen molar-refractivity contribution in [1.29, 1.82) is 0 Å². The van der Waals surface area contributed by atoms with Crippen LogP contribution in [0, 0.1) is 12.7 Å². The number of pyridine rings is 1. The Bertz CT molecular complexity index is 1070. The lowest BCUT2D eigenvalue weighted by Gasteiger charge is -2.14. The molecule has 4 rings (SSSR count). The van der Waals surface area contributed by atoms with Crippen LogP contribution in [0.4, 0.5) is 9.18 Å². The number of imidazole rings is 1. The van der Waals surface area contributed by atoms with E-state index in [1.807, 2.05) is 0 Å². The summed E-state index contributed by atoms with van der Waals surface area (Å²) in [5, 5.41) is 8.90. The van der Waals surface area contributed by atoms with Crippen LogP contribution in [0.1, 0.15) is 24.7 Å². The van der Waals surface area contributed by atoms with Crippen molar-refractivity contribution in [2.75, 3.05) is 0 Å². The maximum absolute atomic E-state index is 14.6. The number of aromatic nitrogens is 3. The van der Waals surface area contributed by atoms with Crippen LogP contribution in [0.2, 0.25) is 0 Å². The van der Waals surface area contributed by atoms with Gasteiger partial charge in [-0.15, -0.1) is 0 Å². The number of fused-ring (bicyclic) bond motifs is 1.